The minimum absolute atomic E-state index is 0.509. The van der Waals surface area contributed by atoms with Gasteiger partial charge in [0.1, 0.15) is 0 Å². The van der Waals surface area contributed by atoms with Crippen LogP contribution in [0.25, 0.3) is 0 Å². The summed E-state index contributed by atoms with van der Waals surface area (Å²) in [5.74, 6) is 1.51. The van der Waals surface area contributed by atoms with Gasteiger partial charge >= 0.3 is 0 Å². The first-order valence-electron chi connectivity index (χ1n) is 7.20. The Bertz CT molecular complexity index is 445. The topological polar surface area (TPSA) is 51.2 Å². The fourth-order valence-electron chi connectivity index (χ4n) is 2.52. The maximum atomic E-state index is 10.4. The van der Waals surface area contributed by atoms with Crippen molar-refractivity contribution in [3.8, 4) is 11.5 Å². The minimum atomic E-state index is -0.509. The first kappa shape index (κ1) is 13.7. The van der Waals surface area contributed by atoms with Crippen LogP contribution in [-0.4, -0.2) is 56.1 Å². The number of β-amino-alcohol motifs (C(OH)–C–C–N with tert-alkyl or cyclic N) is 1. The summed E-state index contributed by atoms with van der Waals surface area (Å²) in [5.41, 5.74) is 0.876. The third kappa shape index (κ3) is 3.23. The second kappa shape index (κ2) is 6.43. The van der Waals surface area contributed by atoms with Gasteiger partial charge < -0.3 is 19.3 Å². The molecule has 0 radical (unpaired) electrons. The van der Waals surface area contributed by atoms with Gasteiger partial charge in [-0.15, -0.1) is 0 Å². The number of morpholine rings is 1. The van der Waals surface area contributed by atoms with E-state index in [1.165, 1.54) is 0 Å². The Morgan fingerprint density at radius 1 is 1.05 bits per heavy atom. The number of benzene rings is 1. The number of hydrogen-bond acceptors (Lipinski definition) is 5. The molecule has 1 aromatic rings. The molecule has 1 unspecified atom stereocenters. The summed E-state index contributed by atoms with van der Waals surface area (Å²) >= 11 is 0. The number of fused-ring (bicyclic) bond motifs is 1. The van der Waals surface area contributed by atoms with E-state index in [9.17, 15) is 5.11 Å². The maximum absolute atomic E-state index is 10.4. The monoisotopic (exact) mass is 279 g/mol. The van der Waals surface area contributed by atoms with Crippen molar-refractivity contribution < 1.29 is 19.3 Å². The highest BCUT2D eigenvalue weighted by atomic mass is 16.5. The van der Waals surface area contributed by atoms with Gasteiger partial charge in [-0.2, -0.15) is 0 Å². The molecule has 0 amide bonds. The van der Waals surface area contributed by atoms with Gasteiger partial charge in [0.2, 0.25) is 0 Å². The molecule has 1 atom stereocenters. The van der Waals surface area contributed by atoms with Crippen LogP contribution in [0.5, 0.6) is 11.5 Å². The molecule has 0 aliphatic carbocycles. The predicted octanol–water partition coefficient (Wildman–Crippen LogP) is 1.21. The van der Waals surface area contributed by atoms with E-state index in [0.717, 1.165) is 49.8 Å². The lowest BCUT2D eigenvalue weighted by Crippen LogP contribution is -2.38. The second-order valence-electron chi connectivity index (χ2n) is 5.19. The molecule has 2 aliphatic heterocycles. The highest BCUT2D eigenvalue weighted by molar-refractivity contribution is 5.44. The van der Waals surface area contributed by atoms with Gasteiger partial charge in [0, 0.05) is 26.1 Å². The van der Waals surface area contributed by atoms with Gasteiger partial charge in [-0.3, -0.25) is 4.90 Å². The lowest BCUT2D eigenvalue weighted by atomic mass is 10.1. The summed E-state index contributed by atoms with van der Waals surface area (Å²) in [7, 11) is 0. The Hall–Kier alpha value is -1.30. The largest absolute Gasteiger partial charge is 0.490 e. The van der Waals surface area contributed by atoms with Crippen LogP contribution in [0.15, 0.2) is 18.2 Å². The van der Waals surface area contributed by atoms with Crippen molar-refractivity contribution in [3.63, 3.8) is 0 Å². The van der Waals surface area contributed by atoms with Crippen molar-refractivity contribution in [2.45, 2.75) is 12.5 Å². The van der Waals surface area contributed by atoms with Gasteiger partial charge in [-0.05, 0) is 17.7 Å². The van der Waals surface area contributed by atoms with Crippen LogP contribution in [-0.2, 0) is 4.74 Å². The van der Waals surface area contributed by atoms with E-state index < -0.39 is 6.10 Å². The predicted molar refractivity (Wildman–Crippen MR) is 74.3 cm³/mol. The Kier molecular flexibility index (Phi) is 4.40. The first-order valence-corrected chi connectivity index (χ1v) is 7.20. The van der Waals surface area contributed by atoms with Crippen LogP contribution in [0.2, 0.25) is 0 Å². The third-order valence-corrected chi connectivity index (χ3v) is 3.69. The number of rotatable bonds is 3. The smallest absolute Gasteiger partial charge is 0.161 e. The van der Waals surface area contributed by atoms with Crippen LogP contribution >= 0.6 is 0 Å². The van der Waals surface area contributed by atoms with Crippen LogP contribution < -0.4 is 9.47 Å². The van der Waals surface area contributed by atoms with Gasteiger partial charge in [0.15, 0.2) is 11.5 Å². The van der Waals surface area contributed by atoms with E-state index in [-0.39, 0.29) is 0 Å². The number of aliphatic hydroxyl groups excluding tert-OH is 1. The number of nitrogens with zero attached hydrogens (tertiary/aromatic N) is 1. The quantitative estimate of drug-likeness (QED) is 0.901. The normalized spacial score (nSPS) is 21.2. The molecule has 2 heterocycles. The molecule has 5 heteroatoms. The maximum Gasteiger partial charge on any atom is 0.161 e. The van der Waals surface area contributed by atoms with Crippen LogP contribution in [0.1, 0.15) is 18.1 Å². The molecule has 110 valence electrons. The molecule has 20 heavy (non-hydrogen) atoms. The standard InChI is InChI=1S/C15H21NO4/c17-13(11-16-4-8-18-9-5-16)12-2-3-14-15(10-12)20-7-1-6-19-14/h2-3,10,13,17H,1,4-9,11H2. The summed E-state index contributed by atoms with van der Waals surface area (Å²) < 4.78 is 16.6. The lowest BCUT2D eigenvalue weighted by Gasteiger charge is -2.28. The highest BCUT2D eigenvalue weighted by Crippen LogP contribution is 2.32. The number of ether oxygens (including phenoxy) is 3. The molecular weight excluding hydrogens is 258 g/mol. The Morgan fingerprint density at radius 2 is 1.80 bits per heavy atom. The van der Waals surface area contributed by atoms with Crippen LogP contribution in [0.4, 0.5) is 0 Å². The molecule has 0 saturated carbocycles. The van der Waals surface area contributed by atoms with Crippen LogP contribution in [0, 0.1) is 0 Å². The Balaban J connectivity index is 1.67. The van der Waals surface area contributed by atoms with E-state index in [0.29, 0.717) is 19.8 Å². The van der Waals surface area contributed by atoms with Crippen molar-refractivity contribution in [2.24, 2.45) is 0 Å². The minimum Gasteiger partial charge on any atom is -0.490 e. The molecule has 3 rings (SSSR count). The molecule has 0 bridgehead atoms. The van der Waals surface area contributed by atoms with E-state index >= 15 is 0 Å². The van der Waals surface area contributed by atoms with Crippen molar-refractivity contribution >= 4 is 0 Å². The summed E-state index contributed by atoms with van der Waals surface area (Å²) in [4.78, 5) is 2.22. The molecule has 0 spiro atoms. The average molecular weight is 279 g/mol. The Morgan fingerprint density at radius 3 is 2.60 bits per heavy atom. The summed E-state index contributed by atoms with van der Waals surface area (Å²) in [6, 6.07) is 5.70. The summed E-state index contributed by atoms with van der Waals surface area (Å²) in [6.45, 7) is 5.21. The molecule has 1 aromatic carbocycles. The molecule has 1 N–H and O–H groups in total. The van der Waals surface area contributed by atoms with Crippen molar-refractivity contribution in [1.82, 2.24) is 4.90 Å². The fourth-order valence-corrected chi connectivity index (χ4v) is 2.52. The zero-order valence-corrected chi connectivity index (χ0v) is 11.6. The molecule has 5 nitrogen and oxygen atoms in total. The van der Waals surface area contributed by atoms with E-state index in [1.807, 2.05) is 18.2 Å². The van der Waals surface area contributed by atoms with Crippen molar-refractivity contribution in [3.05, 3.63) is 23.8 Å². The highest BCUT2D eigenvalue weighted by Gasteiger charge is 2.18. The van der Waals surface area contributed by atoms with E-state index in [4.69, 9.17) is 14.2 Å². The fraction of sp³-hybridized carbons (Fsp3) is 0.600. The summed E-state index contributed by atoms with van der Waals surface area (Å²) in [5, 5.41) is 10.4. The van der Waals surface area contributed by atoms with Crippen LogP contribution in [0.3, 0.4) is 0 Å². The van der Waals surface area contributed by atoms with E-state index in [2.05, 4.69) is 4.90 Å². The van der Waals surface area contributed by atoms with E-state index in [1.54, 1.807) is 0 Å². The molecule has 1 fully saturated rings. The Labute approximate surface area is 119 Å². The SMILES string of the molecule is OC(CN1CCOCC1)c1ccc2c(c1)OCCCO2. The van der Waals surface area contributed by atoms with Gasteiger partial charge in [-0.1, -0.05) is 6.07 Å². The zero-order valence-electron chi connectivity index (χ0n) is 11.6. The third-order valence-electron chi connectivity index (χ3n) is 3.69. The second-order valence-corrected chi connectivity index (χ2v) is 5.19. The average Bonchev–Trinajstić information content (AvgIpc) is 2.72. The van der Waals surface area contributed by atoms with Gasteiger partial charge in [0.25, 0.3) is 0 Å². The molecule has 2 aliphatic rings. The molecule has 1 saturated heterocycles. The number of hydrogen-bond donors (Lipinski definition) is 1. The lowest BCUT2D eigenvalue weighted by molar-refractivity contribution is 0.0143. The zero-order chi connectivity index (χ0) is 13.8. The van der Waals surface area contributed by atoms with Crippen molar-refractivity contribution in [2.75, 3.05) is 46.1 Å². The first-order chi connectivity index (χ1) is 9.83. The molecular formula is C15H21NO4. The summed E-state index contributed by atoms with van der Waals surface area (Å²) in [6.07, 6.45) is 0.380. The number of aliphatic hydroxyl groups is 1. The van der Waals surface area contributed by atoms with Crippen molar-refractivity contribution in [1.29, 1.82) is 0 Å². The molecule has 0 aromatic heterocycles. The van der Waals surface area contributed by atoms with Gasteiger partial charge in [-0.25, -0.2) is 0 Å². The van der Waals surface area contributed by atoms with Gasteiger partial charge in [0.05, 0.1) is 32.5 Å².